The first kappa shape index (κ1) is 16.5. The van der Waals surface area contributed by atoms with Crippen LogP contribution in [0.3, 0.4) is 0 Å². The second-order valence-corrected chi connectivity index (χ2v) is 4.94. The first-order chi connectivity index (χ1) is 9.56. The Morgan fingerprint density at radius 1 is 1.35 bits per heavy atom. The summed E-state index contributed by atoms with van der Waals surface area (Å²) >= 11 is 0. The number of benzene rings is 1. The summed E-state index contributed by atoms with van der Waals surface area (Å²) in [6, 6.07) is 5.47. The SMILES string of the molecule is CCCN(CCO)CCC(=O)Nc1cc(N)ccc1C. The van der Waals surface area contributed by atoms with Crippen LogP contribution in [-0.4, -0.2) is 42.2 Å². The lowest BCUT2D eigenvalue weighted by Gasteiger charge is -2.20. The van der Waals surface area contributed by atoms with Crippen molar-refractivity contribution in [1.29, 1.82) is 0 Å². The van der Waals surface area contributed by atoms with E-state index in [1.54, 1.807) is 6.07 Å². The maximum absolute atomic E-state index is 11.9. The molecule has 5 heteroatoms. The highest BCUT2D eigenvalue weighted by Gasteiger charge is 2.09. The predicted molar refractivity (Wildman–Crippen MR) is 82.7 cm³/mol. The molecule has 5 nitrogen and oxygen atoms in total. The quantitative estimate of drug-likeness (QED) is 0.632. The average molecular weight is 279 g/mol. The maximum atomic E-state index is 11.9. The minimum atomic E-state index is -0.0299. The smallest absolute Gasteiger partial charge is 0.225 e. The first-order valence-corrected chi connectivity index (χ1v) is 7.06. The van der Waals surface area contributed by atoms with E-state index in [0.29, 0.717) is 25.2 Å². The Labute approximate surface area is 120 Å². The molecule has 0 fully saturated rings. The molecule has 1 amide bonds. The fraction of sp³-hybridized carbons (Fsp3) is 0.533. The molecular weight excluding hydrogens is 254 g/mol. The molecule has 4 N–H and O–H groups in total. The molecule has 0 saturated heterocycles. The molecule has 0 radical (unpaired) electrons. The summed E-state index contributed by atoms with van der Waals surface area (Å²) in [6.45, 7) is 6.30. The highest BCUT2D eigenvalue weighted by Crippen LogP contribution is 2.18. The van der Waals surface area contributed by atoms with Crippen molar-refractivity contribution in [2.24, 2.45) is 0 Å². The molecule has 0 aliphatic rings. The van der Waals surface area contributed by atoms with Crippen LogP contribution in [0.2, 0.25) is 0 Å². The largest absolute Gasteiger partial charge is 0.399 e. The van der Waals surface area contributed by atoms with Crippen LogP contribution in [0.5, 0.6) is 0 Å². The average Bonchev–Trinajstić information content (AvgIpc) is 2.41. The highest BCUT2D eigenvalue weighted by atomic mass is 16.3. The van der Waals surface area contributed by atoms with E-state index in [1.165, 1.54) is 0 Å². The lowest BCUT2D eigenvalue weighted by atomic mass is 10.2. The van der Waals surface area contributed by atoms with Crippen molar-refractivity contribution in [2.75, 3.05) is 37.3 Å². The van der Waals surface area contributed by atoms with Gasteiger partial charge < -0.3 is 21.1 Å². The molecule has 0 unspecified atom stereocenters. The summed E-state index contributed by atoms with van der Waals surface area (Å²) in [4.78, 5) is 14.0. The van der Waals surface area contributed by atoms with Gasteiger partial charge in [-0.2, -0.15) is 0 Å². The minimum absolute atomic E-state index is 0.0299. The van der Waals surface area contributed by atoms with E-state index in [1.807, 2.05) is 19.1 Å². The number of aryl methyl sites for hydroxylation is 1. The Kier molecular flexibility index (Phi) is 7.04. The van der Waals surface area contributed by atoms with Crippen LogP contribution >= 0.6 is 0 Å². The number of carbonyl (C=O) groups excluding carboxylic acids is 1. The fourth-order valence-corrected chi connectivity index (χ4v) is 2.04. The minimum Gasteiger partial charge on any atom is -0.399 e. The van der Waals surface area contributed by atoms with Gasteiger partial charge in [-0.25, -0.2) is 0 Å². The van der Waals surface area contributed by atoms with Crippen molar-refractivity contribution >= 4 is 17.3 Å². The van der Waals surface area contributed by atoms with Gasteiger partial charge >= 0.3 is 0 Å². The summed E-state index contributed by atoms with van der Waals surface area (Å²) < 4.78 is 0. The maximum Gasteiger partial charge on any atom is 0.225 e. The molecule has 1 rings (SSSR count). The van der Waals surface area contributed by atoms with Crippen molar-refractivity contribution in [2.45, 2.75) is 26.7 Å². The van der Waals surface area contributed by atoms with Crippen LogP contribution < -0.4 is 11.1 Å². The van der Waals surface area contributed by atoms with Gasteiger partial charge in [-0.15, -0.1) is 0 Å². The molecule has 0 saturated carbocycles. The number of rotatable bonds is 8. The Morgan fingerprint density at radius 2 is 2.10 bits per heavy atom. The monoisotopic (exact) mass is 279 g/mol. The van der Waals surface area contributed by atoms with E-state index in [9.17, 15) is 4.79 Å². The molecule has 112 valence electrons. The van der Waals surface area contributed by atoms with Gasteiger partial charge in [0.05, 0.1) is 6.61 Å². The summed E-state index contributed by atoms with van der Waals surface area (Å²) in [5, 5.41) is 11.9. The van der Waals surface area contributed by atoms with Gasteiger partial charge in [-0.1, -0.05) is 13.0 Å². The zero-order valence-corrected chi connectivity index (χ0v) is 12.4. The number of hydrogen-bond donors (Lipinski definition) is 3. The molecule has 0 aliphatic carbocycles. The van der Waals surface area contributed by atoms with Crippen molar-refractivity contribution in [3.63, 3.8) is 0 Å². The van der Waals surface area contributed by atoms with E-state index < -0.39 is 0 Å². The molecule has 0 spiro atoms. The molecule has 0 aromatic heterocycles. The van der Waals surface area contributed by atoms with E-state index in [-0.39, 0.29) is 12.5 Å². The number of anilines is 2. The Bertz CT molecular complexity index is 429. The second-order valence-electron chi connectivity index (χ2n) is 4.94. The lowest BCUT2D eigenvalue weighted by molar-refractivity contribution is -0.116. The lowest BCUT2D eigenvalue weighted by Crippen LogP contribution is -2.31. The Morgan fingerprint density at radius 3 is 2.75 bits per heavy atom. The van der Waals surface area contributed by atoms with Crippen LogP contribution in [0.4, 0.5) is 11.4 Å². The number of nitrogen functional groups attached to an aromatic ring is 1. The first-order valence-electron chi connectivity index (χ1n) is 7.06. The summed E-state index contributed by atoms with van der Waals surface area (Å²) in [7, 11) is 0. The van der Waals surface area contributed by atoms with Crippen molar-refractivity contribution in [1.82, 2.24) is 4.90 Å². The fourth-order valence-electron chi connectivity index (χ4n) is 2.04. The van der Waals surface area contributed by atoms with Crippen LogP contribution in [0.15, 0.2) is 18.2 Å². The number of amides is 1. The Balaban J connectivity index is 2.48. The number of nitrogens with zero attached hydrogens (tertiary/aromatic N) is 1. The molecule has 0 atom stereocenters. The van der Waals surface area contributed by atoms with E-state index in [2.05, 4.69) is 17.1 Å². The predicted octanol–water partition coefficient (Wildman–Crippen LogP) is 1.61. The van der Waals surface area contributed by atoms with Gasteiger partial charge in [0, 0.05) is 30.9 Å². The highest BCUT2D eigenvalue weighted by molar-refractivity contribution is 5.92. The molecule has 1 aromatic rings. The topological polar surface area (TPSA) is 78.6 Å². The molecule has 0 heterocycles. The second kappa shape index (κ2) is 8.55. The van der Waals surface area contributed by atoms with Gasteiger partial charge in [0.1, 0.15) is 0 Å². The molecular formula is C15H25N3O2. The molecule has 0 aliphatic heterocycles. The van der Waals surface area contributed by atoms with Crippen LogP contribution in [0.1, 0.15) is 25.3 Å². The molecule has 0 bridgehead atoms. The normalized spacial score (nSPS) is 10.8. The van der Waals surface area contributed by atoms with E-state index in [0.717, 1.165) is 24.2 Å². The van der Waals surface area contributed by atoms with Gasteiger partial charge in [0.2, 0.25) is 5.91 Å². The number of aliphatic hydroxyl groups is 1. The van der Waals surface area contributed by atoms with Crippen molar-refractivity contribution < 1.29 is 9.90 Å². The van der Waals surface area contributed by atoms with Crippen LogP contribution in [0.25, 0.3) is 0 Å². The number of aliphatic hydroxyl groups excluding tert-OH is 1. The van der Waals surface area contributed by atoms with Gasteiger partial charge in [-0.05, 0) is 37.6 Å². The summed E-state index contributed by atoms with van der Waals surface area (Å²) in [5.41, 5.74) is 8.11. The third kappa shape index (κ3) is 5.59. The zero-order chi connectivity index (χ0) is 15.0. The Hall–Kier alpha value is -1.59. The third-order valence-electron chi connectivity index (χ3n) is 3.15. The van der Waals surface area contributed by atoms with E-state index >= 15 is 0 Å². The number of carbonyl (C=O) groups is 1. The summed E-state index contributed by atoms with van der Waals surface area (Å²) in [6.07, 6.45) is 1.42. The zero-order valence-electron chi connectivity index (χ0n) is 12.4. The molecule has 20 heavy (non-hydrogen) atoms. The van der Waals surface area contributed by atoms with Gasteiger partial charge in [0.25, 0.3) is 0 Å². The van der Waals surface area contributed by atoms with Gasteiger partial charge in [0.15, 0.2) is 0 Å². The number of nitrogens with two attached hydrogens (primary N) is 1. The third-order valence-corrected chi connectivity index (χ3v) is 3.15. The van der Waals surface area contributed by atoms with Crippen LogP contribution in [-0.2, 0) is 4.79 Å². The van der Waals surface area contributed by atoms with Crippen LogP contribution in [0, 0.1) is 6.92 Å². The summed E-state index contributed by atoms with van der Waals surface area (Å²) in [5.74, 6) is -0.0299. The van der Waals surface area contributed by atoms with E-state index in [4.69, 9.17) is 10.8 Å². The number of hydrogen-bond acceptors (Lipinski definition) is 4. The standard InChI is InChI=1S/C15H25N3O2/c1-3-7-18(9-10-19)8-6-15(20)17-14-11-13(16)5-4-12(14)2/h4-5,11,19H,3,6-10,16H2,1-2H3,(H,17,20). The van der Waals surface area contributed by atoms with Crippen molar-refractivity contribution in [3.05, 3.63) is 23.8 Å². The number of nitrogens with one attached hydrogen (secondary N) is 1. The molecule has 1 aromatic carbocycles. The van der Waals surface area contributed by atoms with Gasteiger partial charge in [-0.3, -0.25) is 4.79 Å². The van der Waals surface area contributed by atoms with Crippen molar-refractivity contribution in [3.8, 4) is 0 Å².